The topological polar surface area (TPSA) is 364 Å². The van der Waals surface area contributed by atoms with Gasteiger partial charge in [-0.15, -0.1) is 0 Å². The molecule has 24 nitrogen and oxygen atoms in total. The number of phosphoric acid groups is 3. The Labute approximate surface area is 350 Å². The molecule has 1 aliphatic rings. The molecule has 0 saturated carbocycles. The summed E-state index contributed by atoms with van der Waals surface area (Å²) >= 11 is 1.15. The number of aliphatic hydroxyl groups excluding tert-OH is 2. The molecule has 0 aliphatic carbocycles. The number of carbonyl (C=O) groups excluding carboxylic acids is 3. The lowest BCUT2D eigenvalue weighted by molar-refractivity contribution is -0.137. The van der Waals surface area contributed by atoms with Crippen LogP contribution in [0.1, 0.15) is 85.3 Å². The number of phosphoric ester groups is 3. The molecule has 8 atom stereocenters. The van der Waals surface area contributed by atoms with Crippen LogP contribution in [0, 0.1) is 11.3 Å². The van der Waals surface area contributed by atoms with Gasteiger partial charge in [-0.2, -0.15) is 4.31 Å². The molecular formula is C32H56N7O17P3S. The van der Waals surface area contributed by atoms with E-state index in [1.807, 2.05) is 6.92 Å². The highest BCUT2D eigenvalue weighted by Gasteiger charge is 2.50. The van der Waals surface area contributed by atoms with Gasteiger partial charge >= 0.3 is 23.5 Å². The van der Waals surface area contributed by atoms with Crippen LogP contribution in [0.4, 0.5) is 5.82 Å². The standard InChI is InChI=1S/C32H56N7O17P3S/c1-5-6-7-8-9-10-11-20(2)31(44)60-15-14-34-22(40)12-13-35-29(43)26(42)32(3,4)17-53-59(50,51)56-58(48,49)52-16-21-25(55-57(45,46)47)24(41)30(54-21)39-19-38-23-27(33)36-18-37-28(23)39/h18-21,24-26,30,41-42H,5-17H2,1-4H3,(H,34,40)(H,35,43)(H,48,49)(H,50,51)(H2,33,36,37)(H2,45,46,47)/t20-,21?,24?,25?,26?,30?/m0/s1. The number of anilines is 1. The zero-order valence-electron chi connectivity index (χ0n) is 33.6. The fourth-order valence-electron chi connectivity index (χ4n) is 5.77. The van der Waals surface area contributed by atoms with Gasteiger partial charge in [0, 0.05) is 36.6 Å². The number of nitrogens with two attached hydrogens (primary N) is 1. The molecule has 3 rings (SSSR count). The molecule has 342 valence electrons. The number of rotatable bonds is 27. The van der Waals surface area contributed by atoms with E-state index in [0.717, 1.165) is 48.2 Å². The second kappa shape index (κ2) is 23.3. The van der Waals surface area contributed by atoms with E-state index in [1.54, 1.807) is 0 Å². The maximum absolute atomic E-state index is 12.7. The molecule has 28 heteroatoms. The average Bonchev–Trinajstić information content (AvgIpc) is 3.72. The summed E-state index contributed by atoms with van der Waals surface area (Å²) in [5.41, 5.74) is 4.28. The predicted octanol–water partition coefficient (Wildman–Crippen LogP) is 2.05. The first-order chi connectivity index (χ1) is 28.0. The number of fused-ring (bicyclic) bond motifs is 1. The Morgan fingerprint density at radius 2 is 1.67 bits per heavy atom. The van der Waals surface area contributed by atoms with Crippen LogP contribution in [0.5, 0.6) is 0 Å². The summed E-state index contributed by atoms with van der Waals surface area (Å²) in [5.74, 6) is -1.12. The fourth-order valence-corrected chi connectivity index (χ4v) is 9.41. The summed E-state index contributed by atoms with van der Waals surface area (Å²) in [4.78, 5) is 88.3. The van der Waals surface area contributed by atoms with Crippen LogP contribution in [0.25, 0.3) is 11.2 Å². The Balaban J connectivity index is 1.42. The van der Waals surface area contributed by atoms with Crippen molar-refractivity contribution in [2.45, 2.75) is 110 Å². The van der Waals surface area contributed by atoms with Crippen LogP contribution in [0.3, 0.4) is 0 Å². The van der Waals surface area contributed by atoms with Gasteiger partial charge in [-0.25, -0.2) is 28.6 Å². The molecule has 60 heavy (non-hydrogen) atoms. The SMILES string of the molecule is CCCCCCCC[C@H](C)C(=O)SCCNC(=O)CCNC(=O)C(O)C(C)(C)COP(=O)(O)OP(=O)(O)OCC1OC(n2cnc3c(N)ncnc32)C(O)C1OP(=O)(O)O. The number of aliphatic hydroxyl groups is 2. The lowest BCUT2D eigenvalue weighted by Gasteiger charge is -2.30. The predicted molar refractivity (Wildman–Crippen MR) is 214 cm³/mol. The highest BCUT2D eigenvalue weighted by Crippen LogP contribution is 2.61. The van der Waals surface area contributed by atoms with Crippen LogP contribution in [0.2, 0.25) is 0 Å². The quantitative estimate of drug-likeness (QED) is 0.0457. The number of ether oxygens (including phenoxy) is 1. The lowest BCUT2D eigenvalue weighted by atomic mass is 9.87. The molecule has 2 aromatic heterocycles. The Bertz CT molecular complexity index is 1890. The number of amides is 2. The summed E-state index contributed by atoms with van der Waals surface area (Å²) in [6.07, 6.45) is 0.805. The molecular weight excluding hydrogens is 879 g/mol. The number of unbranched alkanes of at least 4 members (excludes halogenated alkanes) is 5. The van der Waals surface area contributed by atoms with Gasteiger partial charge in [-0.05, 0) is 6.42 Å². The van der Waals surface area contributed by atoms with E-state index in [9.17, 15) is 57.9 Å². The monoisotopic (exact) mass is 935 g/mol. The normalized spacial score (nSPS) is 21.6. The van der Waals surface area contributed by atoms with Crippen LogP contribution >= 0.6 is 35.2 Å². The number of nitrogen functional groups attached to an aromatic ring is 1. The van der Waals surface area contributed by atoms with Gasteiger partial charge in [0.05, 0.1) is 19.5 Å². The fraction of sp³-hybridized carbons (Fsp3) is 0.750. The minimum absolute atomic E-state index is 0.0327. The van der Waals surface area contributed by atoms with Gasteiger partial charge in [0.2, 0.25) is 11.8 Å². The summed E-state index contributed by atoms with van der Waals surface area (Å²) in [6, 6.07) is 0. The second-order valence-electron chi connectivity index (χ2n) is 14.7. The number of aromatic nitrogens is 4. The highest BCUT2D eigenvalue weighted by atomic mass is 32.2. The lowest BCUT2D eigenvalue weighted by Crippen LogP contribution is -2.46. The molecule has 3 heterocycles. The van der Waals surface area contributed by atoms with Gasteiger partial charge in [0.25, 0.3) is 0 Å². The third kappa shape index (κ3) is 16.7. The van der Waals surface area contributed by atoms with Crippen LogP contribution in [0.15, 0.2) is 12.7 Å². The Morgan fingerprint density at radius 1 is 1.00 bits per heavy atom. The van der Waals surface area contributed by atoms with E-state index in [2.05, 4.69) is 41.3 Å². The molecule has 1 fully saturated rings. The Hall–Kier alpha value is -2.44. The molecule has 0 radical (unpaired) electrons. The summed E-state index contributed by atoms with van der Waals surface area (Å²) in [7, 11) is -16.4. The molecule has 2 amide bonds. The number of imidazole rings is 1. The number of hydrogen-bond acceptors (Lipinski definition) is 18. The van der Waals surface area contributed by atoms with Gasteiger partial charge < -0.3 is 50.9 Å². The number of nitrogens with zero attached hydrogens (tertiary/aromatic N) is 4. The van der Waals surface area contributed by atoms with Crippen molar-refractivity contribution in [3.63, 3.8) is 0 Å². The molecule has 7 unspecified atom stereocenters. The molecule has 0 bridgehead atoms. The maximum Gasteiger partial charge on any atom is 0.481 e. The average molecular weight is 936 g/mol. The van der Waals surface area contributed by atoms with Gasteiger partial charge in [-0.1, -0.05) is 78.0 Å². The van der Waals surface area contributed by atoms with E-state index in [4.69, 9.17) is 19.5 Å². The van der Waals surface area contributed by atoms with Crippen molar-refractivity contribution < 1.29 is 80.5 Å². The van der Waals surface area contributed by atoms with Crippen molar-refractivity contribution in [3.05, 3.63) is 12.7 Å². The van der Waals surface area contributed by atoms with Crippen molar-refractivity contribution in [2.24, 2.45) is 11.3 Å². The van der Waals surface area contributed by atoms with Crippen molar-refractivity contribution in [3.8, 4) is 0 Å². The molecule has 0 spiro atoms. The smallest absolute Gasteiger partial charge is 0.386 e. The number of nitrogens with one attached hydrogen (secondary N) is 2. The van der Waals surface area contributed by atoms with Crippen molar-refractivity contribution in [1.29, 1.82) is 0 Å². The minimum atomic E-state index is -5.57. The van der Waals surface area contributed by atoms with E-state index < -0.39 is 84.6 Å². The molecule has 2 aromatic rings. The minimum Gasteiger partial charge on any atom is -0.386 e. The van der Waals surface area contributed by atoms with Crippen LogP contribution in [-0.2, 0) is 50.7 Å². The third-order valence-electron chi connectivity index (χ3n) is 9.14. The summed E-state index contributed by atoms with van der Waals surface area (Å²) in [5, 5.41) is 26.6. The second-order valence-corrected chi connectivity index (χ2v) is 20.0. The summed E-state index contributed by atoms with van der Waals surface area (Å²) in [6.45, 7) is 4.62. The zero-order valence-corrected chi connectivity index (χ0v) is 37.1. The summed E-state index contributed by atoms with van der Waals surface area (Å²) < 4.78 is 62.3. The van der Waals surface area contributed by atoms with Crippen molar-refractivity contribution >= 4 is 69.1 Å². The number of thioether (sulfide) groups is 1. The van der Waals surface area contributed by atoms with Crippen LogP contribution < -0.4 is 16.4 Å². The van der Waals surface area contributed by atoms with Gasteiger partial charge in [0.1, 0.15) is 36.3 Å². The van der Waals surface area contributed by atoms with E-state index in [-0.39, 0.29) is 47.5 Å². The van der Waals surface area contributed by atoms with Crippen molar-refractivity contribution in [1.82, 2.24) is 30.2 Å². The maximum atomic E-state index is 12.7. The first kappa shape index (κ1) is 51.9. The van der Waals surface area contributed by atoms with E-state index in [0.29, 0.717) is 5.75 Å². The first-order valence-corrected chi connectivity index (χ1v) is 24.5. The molecule has 0 aromatic carbocycles. The zero-order chi connectivity index (χ0) is 44.9. The number of carbonyl (C=O) groups is 3. The number of hydrogen-bond donors (Lipinski definition) is 9. The van der Waals surface area contributed by atoms with Crippen LogP contribution in [-0.4, -0.2) is 123 Å². The largest absolute Gasteiger partial charge is 0.481 e. The Morgan fingerprint density at radius 3 is 2.35 bits per heavy atom. The van der Waals surface area contributed by atoms with Crippen molar-refractivity contribution in [2.75, 3.05) is 37.8 Å². The Kier molecular flexibility index (Phi) is 20.2. The molecule has 10 N–H and O–H groups in total. The van der Waals surface area contributed by atoms with E-state index in [1.165, 1.54) is 39.5 Å². The van der Waals surface area contributed by atoms with Gasteiger partial charge in [0.15, 0.2) is 22.8 Å². The molecule has 1 saturated heterocycles. The van der Waals surface area contributed by atoms with E-state index >= 15 is 0 Å². The van der Waals surface area contributed by atoms with Gasteiger partial charge in [-0.3, -0.25) is 32.5 Å². The molecule has 1 aliphatic heterocycles. The highest BCUT2D eigenvalue weighted by molar-refractivity contribution is 8.13. The third-order valence-corrected chi connectivity index (χ3v) is 13.3. The first-order valence-electron chi connectivity index (χ1n) is 19.0.